The molecule has 2 unspecified atom stereocenters. The highest BCUT2D eigenvalue weighted by molar-refractivity contribution is 7.16. The first-order valence-corrected chi connectivity index (χ1v) is 7.34. The Morgan fingerprint density at radius 1 is 1.33 bits per heavy atom. The lowest BCUT2D eigenvalue weighted by atomic mass is 9.95. The van der Waals surface area contributed by atoms with Crippen LogP contribution in [-0.2, 0) is 4.74 Å². The number of nitrogen functional groups attached to an aromatic ring is 1. The van der Waals surface area contributed by atoms with Crippen LogP contribution in [0.2, 0.25) is 0 Å². The number of fused-ring (bicyclic) bond motifs is 5. The zero-order chi connectivity index (χ0) is 13.1. The van der Waals surface area contributed by atoms with Gasteiger partial charge in [-0.3, -0.25) is 0 Å². The molecule has 0 aromatic carbocycles. The third kappa shape index (κ3) is 1.74. The van der Waals surface area contributed by atoms with Gasteiger partial charge in [0, 0.05) is 4.88 Å². The van der Waals surface area contributed by atoms with E-state index in [1.54, 1.807) is 11.3 Å². The second-order valence-electron chi connectivity index (χ2n) is 6.33. The third-order valence-electron chi connectivity index (χ3n) is 3.82. The molecule has 0 aliphatic heterocycles. The van der Waals surface area contributed by atoms with Gasteiger partial charge in [0.05, 0.1) is 5.56 Å². The van der Waals surface area contributed by atoms with Crippen molar-refractivity contribution in [3.63, 3.8) is 0 Å². The Hall–Kier alpha value is -1.03. The van der Waals surface area contributed by atoms with E-state index in [-0.39, 0.29) is 5.97 Å². The number of esters is 1. The highest BCUT2D eigenvalue weighted by Crippen LogP contribution is 2.58. The lowest BCUT2D eigenvalue weighted by Gasteiger charge is -2.20. The summed E-state index contributed by atoms with van der Waals surface area (Å²) in [4.78, 5) is 13.6. The first-order valence-electron chi connectivity index (χ1n) is 6.52. The van der Waals surface area contributed by atoms with Gasteiger partial charge in [-0.1, -0.05) is 0 Å². The minimum atomic E-state index is -0.462. The summed E-state index contributed by atoms with van der Waals surface area (Å²) in [6.45, 7) is 5.67. The van der Waals surface area contributed by atoms with Gasteiger partial charge in [-0.2, -0.15) is 0 Å². The van der Waals surface area contributed by atoms with Crippen LogP contribution in [-0.4, -0.2) is 11.6 Å². The predicted octanol–water partition coefficient (Wildman–Crippen LogP) is 3.65. The van der Waals surface area contributed by atoms with Crippen LogP contribution in [0.25, 0.3) is 0 Å². The Morgan fingerprint density at radius 3 is 2.67 bits per heavy atom. The van der Waals surface area contributed by atoms with E-state index >= 15 is 0 Å². The van der Waals surface area contributed by atoms with E-state index in [0.717, 1.165) is 0 Å². The summed E-state index contributed by atoms with van der Waals surface area (Å²) >= 11 is 1.60. The van der Waals surface area contributed by atoms with Crippen molar-refractivity contribution < 1.29 is 9.53 Å². The number of hydrogen-bond donors (Lipinski definition) is 1. The molecule has 1 aromatic rings. The number of carbonyl (C=O) groups is 1. The molecule has 1 fully saturated rings. The second kappa shape index (κ2) is 3.73. The summed E-state index contributed by atoms with van der Waals surface area (Å²) in [5.41, 5.74) is 7.45. The van der Waals surface area contributed by atoms with E-state index in [2.05, 4.69) is 0 Å². The largest absolute Gasteiger partial charge is 0.456 e. The Labute approximate surface area is 111 Å². The maximum atomic E-state index is 12.3. The van der Waals surface area contributed by atoms with Crippen LogP contribution in [0.3, 0.4) is 0 Å². The Morgan fingerprint density at radius 2 is 2.00 bits per heavy atom. The molecule has 0 radical (unpaired) electrons. The molecule has 1 saturated carbocycles. The molecule has 2 aliphatic rings. The molecule has 2 atom stereocenters. The molecule has 98 valence electrons. The molecule has 18 heavy (non-hydrogen) atoms. The molecule has 0 amide bonds. The van der Waals surface area contributed by atoms with Crippen molar-refractivity contribution in [2.75, 3.05) is 5.73 Å². The number of anilines is 1. The van der Waals surface area contributed by atoms with Crippen molar-refractivity contribution in [3.8, 4) is 0 Å². The van der Waals surface area contributed by atoms with Gasteiger partial charge in [0.25, 0.3) is 0 Å². The number of rotatable bonds is 1. The summed E-state index contributed by atoms with van der Waals surface area (Å²) in [7, 11) is 0. The van der Waals surface area contributed by atoms with E-state index in [4.69, 9.17) is 10.5 Å². The van der Waals surface area contributed by atoms with Gasteiger partial charge in [0.2, 0.25) is 0 Å². The Kier molecular flexibility index (Phi) is 2.49. The standard InChI is InChI=1S/C14H19NO2S/c1-14(2,3)17-13(16)10-9-7-4-5-8(6-7)11(9)18-12(10)15/h7-8H,4-6,15H2,1-3H3. The maximum Gasteiger partial charge on any atom is 0.341 e. The van der Waals surface area contributed by atoms with Gasteiger partial charge in [0.1, 0.15) is 10.6 Å². The highest BCUT2D eigenvalue weighted by Gasteiger charge is 2.43. The normalized spacial score (nSPS) is 25.3. The molecule has 2 N–H and O–H groups in total. The smallest absolute Gasteiger partial charge is 0.341 e. The van der Waals surface area contributed by atoms with Crippen LogP contribution in [0.1, 0.15) is 72.7 Å². The average molecular weight is 265 g/mol. The minimum Gasteiger partial charge on any atom is -0.456 e. The zero-order valence-corrected chi connectivity index (χ0v) is 11.9. The summed E-state index contributed by atoms with van der Waals surface area (Å²) in [5.74, 6) is 0.944. The second-order valence-corrected chi connectivity index (χ2v) is 7.41. The first kappa shape index (κ1) is 12.0. The van der Waals surface area contributed by atoms with E-state index in [9.17, 15) is 4.79 Å². The topological polar surface area (TPSA) is 52.3 Å². The van der Waals surface area contributed by atoms with Gasteiger partial charge >= 0.3 is 5.97 Å². The fourth-order valence-electron chi connectivity index (χ4n) is 3.21. The number of hydrogen-bond acceptors (Lipinski definition) is 4. The summed E-state index contributed by atoms with van der Waals surface area (Å²) in [6, 6.07) is 0. The maximum absolute atomic E-state index is 12.3. The van der Waals surface area contributed by atoms with Crippen molar-refractivity contribution in [3.05, 3.63) is 16.0 Å². The molecule has 2 bridgehead atoms. The number of thiophene rings is 1. The molecule has 0 saturated heterocycles. The van der Waals surface area contributed by atoms with Crippen LogP contribution < -0.4 is 5.73 Å². The molecule has 1 aromatic heterocycles. The molecule has 4 heteroatoms. The van der Waals surface area contributed by atoms with Gasteiger partial charge < -0.3 is 10.5 Å². The van der Waals surface area contributed by atoms with Gasteiger partial charge in [-0.15, -0.1) is 11.3 Å². The van der Waals surface area contributed by atoms with Crippen molar-refractivity contribution >= 4 is 22.3 Å². The van der Waals surface area contributed by atoms with Crippen LogP contribution in [0, 0.1) is 0 Å². The molecule has 2 aliphatic carbocycles. The third-order valence-corrected chi connectivity index (χ3v) is 5.01. The molecule has 3 nitrogen and oxygen atoms in total. The monoisotopic (exact) mass is 265 g/mol. The first-order chi connectivity index (χ1) is 8.37. The number of nitrogens with two attached hydrogens (primary N) is 1. The van der Waals surface area contributed by atoms with E-state index in [1.807, 2.05) is 20.8 Å². The van der Waals surface area contributed by atoms with Crippen LogP contribution in [0.4, 0.5) is 5.00 Å². The van der Waals surface area contributed by atoms with Crippen LogP contribution >= 0.6 is 11.3 Å². The molecular weight excluding hydrogens is 246 g/mol. The van der Waals surface area contributed by atoms with Crippen LogP contribution in [0.5, 0.6) is 0 Å². The minimum absolute atomic E-state index is 0.245. The molecular formula is C14H19NO2S. The highest BCUT2D eigenvalue weighted by atomic mass is 32.1. The van der Waals surface area contributed by atoms with Gasteiger partial charge in [-0.25, -0.2) is 4.79 Å². The predicted molar refractivity (Wildman–Crippen MR) is 73.2 cm³/mol. The number of carbonyl (C=O) groups excluding carboxylic acids is 1. The van der Waals surface area contributed by atoms with Gasteiger partial charge in [-0.05, 0) is 57.4 Å². The van der Waals surface area contributed by atoms with E-state index in [0.29, 0.717) is 22.4 Å². The quantitative estimate of drug-likeness (QED) is 0.788. The van der Waals surface area contributed by atoms with Crippen molar-refractivity contribution in [2.24, 2.45) is 0 Å². The Bertz CT molecular complexity index is 513. The summed E-state index contributed by atoms with van der Waals surface area (Å²) in [6.07, 6.45) is 3.66. The fraction of sp³-hybridized carbons (Fsp3) is 0.643. The van der Waals surface area contributed by atoms with E-state index in [1.165, 1.54) is 29.7 Å². The fourth-order valence-corrected chi connectivity index (χ4v) is 4.50. The average Bonchev–Trinajstić information content (AvgIpc) is 2.83. The zero-order valence-electron chi connectivity index (χ0n) is 11.1. The number of ether oxygens (including phenoxy) is 1. The SMILES string of the molecule is CC(C)(C)OC(=O)c1c(N)sc2c1C1CCC2C1. The van der Waals surface area contributed by atoms with Crippen LogP contribution in [0.15, 0.2) is 0 Å². The molecule has 1 heterocycles. The van der Waals surface area contributed by atoms with Crippen molar-refractivity contribution in [2.45, 2.75) is 57.5 Å². The molecule has 3 rings (SSSR count). The van der Waals surface area contributed by atoms with E-state index < -0.39 is 5.60 Å². The summed E-state index contributed by atoms with van der Waals surface area (Å²) < 4.78 is 5.48. The molecule has 0 spiro atoms. The summed E-state index contributed by atoms with van der Waals surface area (Å²) in [5, 5.41) is 0.644. The van der Waals surface area contributed by atoms with Gasteiger partial charge in [0.15, 0.2) is 0 Å². The Balaban J connectivity index is 1.99. The lowest BCUT2D eigenvalue weighted by Crippen LogP contribution is -2.24. The van der Waals surface area contributed by atoms with Crippen molar-refractivity contribution in [1.82, 2.24) is 0 Å². The lowest BCUT2D eigenvalue weighted by molar-refractivity contribution is 0.00697. The van der Waals surface area contributed by atoms with Crippen molar-refractivity contribution in [1.29, 1.82) is 0 Å².